The summed E-state index contributed by atoms with van der Waals surface area (Å²) in [6.45, 7) is 6.31. The summed E-state index contributed by atoms with van der Waals surface area (Å²) in [5.74, 6) is -1.71. The van der Waals surface area contributed by atoms with E-state index in [-0.39, 0.29) is 42.7 Å². The fourth-order valence-electron chi connectivity index (χ4n) is 4.08. The van der Waals surface area contributed by atoms with Crippen molar-refractivity contribution in [2.75, 3.05) is 19.7 Å². The Morgan fingerprint density at radius 1 is 1.16 bits per heavy atom. The molecule has 3 atom stereocenters. The zero-order chi connectivity index (χ0) is 27.3. The molecule has 12 heteroatoms. The van der Waals surface area contributed by atoms with Crippen LogP contribution in [0.3, 0.4) is 0 Å². The van der Waals surface area contributed by atoms with Gasteiger partial charge in [0.1, 0.15) is 11.6 Å². The van der Waals surface area contributed by atoms with Crippen LogP contribution in [0.1, 0.15) is 31.9 Å². The third-order valence-electron chi connectivity index (χ3n) is 6.39. The molecule has 9 nitrogen and oxygen atoms in total. The number of sulfonamides is 1. The summed E-state index contributed by atoms with van der Waals surface area (Å²) in [6, 6.07) is 10.9. The van der Waals surface area contributed by atoms with E-state index in [1.165, 1.54) is 24.3 Å². The van der Waals surface area contributed by atoms with Crippen LogP contribution >= 0.6 is 11.6 Å². The number of ether oxygens (including phenoxy) is 1. The van der Waals surface area contributed by atoms with Crippen LogP contribution in [0.2, 0.25) is 5.02 Å². The number of carboxylic acid groups (broad SMARTS) is 1. The van der Waals surface area contributed by atoms with Crippen molar-refractivity contribution in [2.45, 2.75) is 51.2 Å². The van der Waals surface area contributed by atoms with Crippen LogP contribution in [0, 0.1) is 5.82 Å². The number of hydrogen-bond donors (Lipinski definition) is 2. The predicted molar refractivity (Wildman–Crippen MR) is 137 cm³/mol. The minimum absolute atomic E-state index is 0.0712. The lowest BCUT2D eigenvalue weighted by Crippen LogP contribution is -2.58. The number of aliphatic carboxylic acids is 1. The van der Waals surface area contributed by atoms with E-state index in [1.54, 1.807) is 23.1 Å². The van der Waals surface area contributed by atoms with Crippen molar-refractivity contribution in [3.63, 3.8) is 0 Å². The molecule has 2 aromatic rings. The second kappa shape index (κ2) is 12.2. The van der Waals surface area contributed by atoms with E-state index >= 15 is 0 Å². The number of piperazine rings is 1. The summed E-state index contributed by atoms with van der Waals surface area (Å²) >= 11 is 6.05. The van der Waals surface area contributed by atoms with Gasteiger partial charge < -0.3 is 14.7 Å². The monoisotopic (exact) mass is 555 g/mol. The van der Waals surface area contributed by atoms with Crippen LogP contribution in [0.25, 0.3) is 0 Å². The van der Waals surface area contributed by atoms with Crippen LogP contribution in [0.4, 0.5) is 4.39 Å². The smallest absolute Gasteiger partial charge is 0.323 e. The Bertz CT molecular complexity index is 1230. The van der Waals surface area contributed by atoms with Crippen molar-refractivity contribution in [1.82, 2.24) is 14.5 Å². The third kappa shape index (κ3) is 7.64. The minimum Gasteiger partial charge on any atom is -0.483 e. The summed E-state index contributed by atoms with van der Waals surface area (Å²) in [4.78, 5) is 28.1. The molecular formula is C25H31ClFN3O6S. The number of benzene rings is 2. The zero-order valence-electron chi connectivity index (χ0n) is 20.9. The van der Waals surface area contributed by atoms with Crippen molar-refractivity contribution in [3.05, 3.63) is 64.4 Å². The molecule has 0 aliphatic carbocycles. The third-order valence-corrected chi connectivity index (χ3v) is 8.30. The van der Waals surface area contributed by atoms with Crippen molar-refractivity contribution in [1.29, 1.82) is 0 Å². The van der Waals surface area contributed by atoms with E-state index in [0.29, 0.717) is 30.2 Å². The quantitative estimate of drug-likeness (QED) is 0.463. The molecule has 3 rings (SSSR count). The van der Waals surface area contributed by atoms with Crippen LogP contribution in [0.15, 0.2) is 42.5 Å². The van der Waals surface area contributed by atoms with Crippen LogP contribution < -0.4 is 9.46 Å². The van der Waals surface area contributed by atoms with Crippen molar-refractivity contribution < 1.29 is 32.2 Å². The summed E-state index contributed by atoms with van der Waals surface area (Å²) in [5.41, 5.74) is 1.36. The van der Waals surface area contributed by atoms with Gasteiger partial charge in [-0.05, 0) is 56.7 Å². The maximum absolute atomic E-state index is 13.2. The number of nitrogens with zero attached hydrogens (tertiary/aromatic N) is 2. The number of carboxylic acids is 1. The van der Waals surface area contributed by atoms with E-state index in [1.807, 2.05) is 13.8 Å². The maximum Gasteiger partial charge on any atom is 0.323 e. The van der Waals surface area contributed by atoms with Crippen LogP contribution in [0.5, 0.6) is 5.75 Å². The molecule has 37 heavy (non-hydrogen) atoms. The number of nitrogens with one attached hydrogen (secondary N) is 1. The molecule has 0 aromatic heterocycles. The number of rotatable bonds is 10. The zero-order valence-corrected chi connectivity index (χ0v) is 22.4. The van der Waals surface area contributed by atoms with Gasteiger partial charge in [-0.2, -0.15) is 0 Å². The van der Waals surface area contributed by atoms with Crippen LogP contribution in [-0.2, 0) is 32.7 Å². The number of amides is 1. The first-order valence-corrected chi connectivity index (χ1v) is 13.7. The standard InChI is InChI=1S/C25H31ClFN3O6S/c1-16-13-30(17(2)12-29(16)14-19-4-7-22(27)8-5-19)24(31)15-36-23-9-6-21(26)10-20(23)11-28-37(34,35)18(3)25(32)33/h4-10,16-18,28H,11-15H2,1-3H3,(H,32,33)/t16-,17+,18?/m0/s1. The number of carbonyl (C=O) groups is 2. The van der Waals surface area contributed by atoms with Gasteiger partial charge in [-0.25, -0.2) is 17.5 Å². The lowest BCUT2D eigenvalue weighted by atomic mass is 10.1. The van der Waals surface area contributed by atoms with E-state index in [4.69, 9.17) is 21.4 Å². The Kier molecular flexibility index (Phi) is 9.51. The largest absolute Gasteiger partial charge is 0.483 e. The Hall–Kier alpha value is -2.73. The first-order valence-electron chi connectivity index (χ1n) is 11.8. The Balaban J connectivity index is 1.61. The average molecular weight is 556 g/mol. The second-order valence-electron chi connectivity index (χ2n) is 9.19. The summed E-state index contributed by atoms with van der Waals surface area (Å²) < 4.78 is 45.6. The summed E-state index contributed by atoms with van der Waals surface area (Å²) in [5, 5.41) is 7.70. The first kappa shape index (κ1) is 28.8. The number of carbonyl (C=O) groups excluding carboxylic acids is 1. The number of hydrogen-bond acceptors (Lipinski definition) is 6. The summed E-state index contributed by atoms with van der Waals surface area (Å²) in [7, 11) is -4.13. The maximum atomic E-state index is 13.2. The molecular weight excluding hydrogens is 525 g/mol. The predicted octanol–water partition coefficient (Wildman–Crippen LogP) is 2.87. The lowest BCUT2D eigenvalue weighted by molar-refractivity contribution is -0.139. The lowest BCUT2D eigenvalue weighted by Gasteiger charge is -2.44. The highest BCUT2D eigenvalue weighted by Crippen LogP contribution is 2.24. The van der Waals surface area contributed by atoms with Gasteiger partial charge in [-0.15, -0.1) is 0 Å². The molecule has 1 aliphatic heterocycles. The van der Waals surface area contributed by atoms with Gasteiger partial charge in [-0.3, -0.25) is 14.5 Å². The van der Waals surface area contributed by atoms with E-state index in [0.717, 1.165) is 12.5 Å². The van der Waals surface area contributed by atoms with Gasteiger partial charge in [0.2, 0.25) is 10.0 Å². The number of halogens is 2. The topological polar surface area (TPSA) is 116 Å². The van der Waals surface area contributed by atoms with E-state index < -0.39 is 21.2 Å². The van der Waals surface area contributed by atoms with Gasteiger partial charge >= 0.3 is 5.97 Å². The first-order chi connectivity index (χ1) is 17.4. The van der Waals surface area contributed by atoms with Crippen LogP contribution in [-0.4, -0.2) is 72.2 Å². The Morgan fingerprint density at radius 3 is 2.49 bits per heavy atom. The highest BCUT2D eigenvalue weighted by molar-refractivity contribution is 7.90. The van der Waals surface area contributed by atoms with Crippen molar-refractivity contribution >= 4 is 33.5 Å². The average Bonchev–Trinajstić information content (AvgIpc) is 2.84. The highest BCUT2D eigenvalue weighted by atomic mass is 35.5. The minimum atomic E-state index is -4.13. The molecule has 0 radical (unpaired) electrons. The normalized spacial score (nSPS) is 19.4. The van der Waals surface area contributed by atoms with Gasteiger partial charge in [0.25, 0.3) is 5.91 Å². The fraction of sp³-hybridized carbons (Fsp3) is 0.440. The molecule has 0 spiro atoms. The van der Waals surface area contributed by atoms with Crippen molar-refractivity contribution in [3.8, 4) is 5.75 Å². The van der Waals surface area contributed by atoms with Gasteiger partial charge in [-0.1, -0.05) is 23.7 Å². The molecule has 1 saturated heterocycles. The molecule has 202 valence electrons. The molecule has 0 saturated carbocycles. The molecule has 0 bridgehead atoms. The molecule has 1 heterocycles. The second-order valence-corrected chi connectivity index (χ2v) is 11.7. The Labute approximate surface area is 221 Å². The molecule has 2 aromatic carbocycles. The Morgan fingerprint density at radius 2 is 1.84 bits per heavy atom. The molecule has 1 amide bonds. The van der Waals surface area contributed by atoms with E-state index in [9.17, 15) is 22.4 Å². The molecule has 1 aliphatic rings. The van der Waals surface area contributed by atoms with Gasteiger partial charge in [0.05, 0.1) is 0 Å². The highest BCUT2D eigenvalue weighted by Gasteiger charge is 2.32. The molecule has 2 N–H and O–H groups in total. The van der Waals surface area contributed by atoms with Crippen molar-refractivity contribution in [2.24, 2.45) is 0 Å². The van der Waals surface area contributed by atoms with Gasteiger partial charge in [0, 0.05) is 48.8 Å². The fourth-order valence-corrected chi connectivity index (χ4v) is 5.14. The van der Waals surface area contributed by atoms with Gasteiger partial charge in [0.15, 0.2) is 11.9 Å². The molecule has 1 unspecified atom stereocenters. The SMILES string of the molecule is CC(C(=O)O)S(=O)(=O)NCc1cc(Cl)ccc1OCC(=O)N1C[C@H](C)N(Cc2ccc(F)cc2)C[C@H]1C. The summed E-state index contributed by atoms with van der Waals surface area (Å²) in [6.07, 6.45) is 0. The molecule has 1 fully saturated rings. The van der Waals surface area contributed by atoms with E-state index in [2.05, 4.69) is 9.62 Å².